The first-order chi connectivity index (χ1) is 16.4. The van der Waals surface area contributed by atoms with Crippen molar-refractivity contribution in [3.63, 3.8) is 0 Å². The van der Waals surface area contributed by atoms with E-state index in [0.29, 0.717) is 33.6 Å². The van der Waals surface area contributed by atoms with Gasteiger partial charge in [-0.25, -0.2) is 4.98 Å². The number of imidazole rings is 1. The molecule has 2 heterocycles. The van der Waals surface area contributed by atoms with Crippen molar-refractivity contribution in [3.8, 4) is 17.6 Å². The number of carbonyl (C=O) groups excluding carboxylic acids is 1. The van der Waals surface area contributed by atoms with E-state index in [2.05, 4.69) is 15.0 Å². The number of benzene rings is 3. The number of rotatable bonds is 6. The fourth-order valence-electron chi connectivity index (χ4n) is 3.56. The molecule has 8 nitrogen and oxygen atoms in total. The minimum absolute atomic E-state index is 0.108. The smallest absolute Gasteiger partial charge is 0.400 e. The number of para-hydroxylation sites is 1. The molecule has 0 aliphatic carbocycles. The van der Waals surface area contributed by atoms with Gasteiger partial charge in [0.15, 0.2) is 11.7 Å². The van der Waals surface area contributed by atoms with Crippen LogP contribution in [0.25, 0.3) is 22.1 Å². The Bertz CT molecular complexity index is 1490. The number of aromatic nitrogens is 3. The summed E-state index contributed by atoms with van der Waals surface area (Å²) in [5, 5.41) is 0.557. The molecule has 34 heavy (non-hydrogen) atoms. The van der Waals surface area contributed by atoms with Gasteiger partial charge in [-0.05, 0) is 61.9 Å². The zero-order valence-corrected chi connectivity index (χ0v) is 19.5. The van der Waals surface area contributed by atoms with Crippen LogP contribution >= 0.6 is 11.6 Å². The number of carbonyl (C=O) groups is 1. The quantitative estimate of drug-likeness (QED) is 0.328. The minimum atomic E-state index is -0.729. The molecule has 172 valence electrons. The summed E-state index contributed by atoms with van der Waals surface area (Å²) in [7, 11) is 1.67. The summed E-state index contributed by atoms with van der Waals surface area (Å²) >= 11 is 5.97. The second-order valence-corrected chi connectivity index (χ2v) is 8.29. The van der Waals surface area contributed by atoms with Gasteiger partial charge in [0.25, 0.3) is 5.91 Å². The number of aromatic amines is 1. The van der Waals surface area contributed by atoms with Crippen LogP contribution < -0.4 is 14.4 Å². The zero-order valence-electron chi connectivity index (χ0n) is 18.7. The number of likely N-dealkylation sites (N-methyl/N-ethyl adjacent to an activating group) is 1. The SMILES string of the molecule is Cc1cccc2[nH]c(N(C)C(=O)[C@@H](C)Oc3ccc(Oc4nc5ccc(Cl)cc5o4)cc3)nc12. The van der Waals surface area contributed by atoms with Crippen molar-refractivity contribution in [2.45, 2.75) is 20.0 Å². The standard InChI is InChI=1S/C25H21ClN4O4/c1-14-5-4-6-20-22(14)29-24(27-20)30(3)23(31)15(2)32-17-8-10-18(11-9-17)33-25-28-19-12-7-16(26)13-21(19)34-25/h4-13,15H,1-3H3,(H,27,29)/t15-/m1/s1. The van der Waals surface area contributed by atoms with Crippen molar-refractivity contribution < 1.29 is 18.7 Å². The van der Waals surface area contributed by atoms with E-state index in [0.717, 1.165) is 16.6 Å². The zero-order chi connectivity index (χ0) is 23.8. The number of nitrogens with zero attached hydrogens (tertiary/aromatic N) is 3. The number of anilines is 1. The van der Waals surface area contributed by atoms with Gasteiger partial charge in [0.1, 0.15) is 17.0 Å². The molecule has 0 fully saturated rings. The van der Waals surface area contributed by atoms with E-state index in [1.165, 1.54) is 4.90 Å². The lowest BCUT2D eigenvalue weighted by Gasteiger charge is -2.20. The molecule has 1 amide bonds. The lowest BCUT2D eigenvalue weighted by atomic mass is 10.2. The highest BCUT2D eigenvalue weighted by molar-refractivity contribution is 6.31. The number of hydrogen-bond acceptors (Lipinski definition) is 6. The number of aryl methyl sites for hydroxylation is 1. The van der Waals surface area contributed by atoms with E-state index in [4.69, 9.17) is 25.5 Å². The molecule has 1 N–H and O–H groups in total. The first-order valence-corrected chi connectivity index (χ1v) is 11.0. The highest BCUT2D eigenvalue weighted by Gasteiger charge is 2.23. The van der Waals surface area contributed by atoms with Crippen molar-refractivity contribution in [2.24, 2.45) is 0 Å². The van der Waals surface area contributed by atoms with Crippen LogP contribution in [0, 0.1) is 6.92 Å². The van der Waals surface area contributed by atoms with Crippen LogP contribution in [0.2, 0.25) is 5.02 Å². The molecule has 1 atom stereocenters. The molecule has 5 aromatic rings. The molecule has 0 spiro atoms. The Labute approximate surface area is 200 Å². The van der Waals surface area contributed by atoms with E-state index >= 15 is 0 Å². The fraction of sp³-hybridized carbons (Fsp3) is 0.160. The number of hydrogen-bond donors (Lipinski definition) is 1. The normalized spacial score (nSPS) is 12.1. The molecular weight excluding hydrogens is 456 g/mol. The van der Waals surface area contributed by atoms with Gasteiger partial charge in [-0.15, -0.1) is 0 Å². The Kier molecular flexibility index (Phi) is 5.59. The third-order valence-electron chi connectivity index (χ3n) is 5.37. The van der Waals surface area contributed by atoms with Crippen LogP contribution in [0.1, 0.15) is 12.5 Å². The fourth-order valence-corrected chi connectivity index (χ4v) is 3.72. The molecule has 0 unspecified atom stereocenters. The number of oxazole rings is 1. The average molecular weight is 477 g/mol. The number of amides is 1. The predicted molar refractivity (Wildman–Crippen MR) is 130 cm³/mol. The number of halogens is 1. The van der Waals surface area contributed by atoms with E-state index < -0.39 is 6.10 Å². The van der Waals surface area contributed by atoms with Crippen LogP contribution in [0.5, 0.6) is 17.6 Å². The highest BCUT2D eigenvalue weighted by Crippen LogP contribution is 2.28. The monoisotopic (exact) mass is 476 g/mol. The van der Waals surface area contributed by atoms with Crippen LogP contribution in [0.3, 0.4) is 0 Å². The Morgan fingerprint density at radius 1 is 1.09 bits per heavy atom. The molecule has 0 aliphatic heterocycles. The first kappa shape index (κ1) is 21.8. The second-order valence-electron chi connectivity index (χ2n) is 7.85. The number of nitrogens with one attached hydrogen (secondary N) is 1. The molecule has 0 bridgehead atoms. The molecule has 5 rings (SSSR count). The van der Waals surface area contributed by atoms with Crippen molar-refractivity contribution >= 4 is 45.6 Å². The average Bonchev–Trinajstić information content (AvgIpc) is 3.43. The van der Waals surface area contributed by atoms with Gasteiger partial charge in [0.2, 0.25) is 5.95 Å². The molecule has 0 aliphatic rings. The van der Waals surface area contributed by atoms with Crippen LogP contribution in [0.4, 0.5) is 5.95 Å². The predicted octanol–water partition coefficient (Wildman–Crippen LogP) is 5.89. The number of H-pyrrole nitrogens is 1. The summed E-state index contributed by atoms with van der Waals surface area (Å²) in [5.41, 5.74) is 3.94. The van der Waals surface area contributed by atoms with E-state index in [9.17, 15) is 4.79 Å². The van der Waals surface area contributed by atoms with Crippen molar-refractivity contribution in [3.05, 3.63) is 71.2 Å². The van der Waals surface area contributed by atoms with Gasteiger partial charge in [-0.3, -0.25) is 9.69 Å². The highest BCUT2D eigenvalue weighted by atomic mass is 35.5. The maximum absolute atomic E-state index is 12.9. The summed E-state index contributed by atoms with van der Waals surface area (Å²) in [6.45, 7) is 3.67. The Balaban J connectivity index is 1.24. The number of ether oxygens (including phenoxy) is 2. The van der Waals surface area contributed by atoms with Gasteiger partial charge in [-0.2, -0.15) is 4.98 Å². The first-order valence-electron chi connectivity index (χ1n) is 10.6. The summed E-state index contributed by atoms with van der Waals surface area (Å²) in [6.07, 6.45) is -0.620. The van der Waals surface area contributed by atoms with Gasteiger partial charge in [0.05, 0.1) is 11.0 Å². The van der Waals surface area contributed by atoms with Crippen LogP contribution in [-0.2, 0) is 4.79 Å². The molecule has 3 aromatic carbocycles. The minimum Gasteiger partial charge on any atom is -0.481 e. The molecule has 2 aromatic heterocycles. The molecule has 0 radical (unpaired) electrons. The third kappa shape index (κ3) is 4.27. The molecular formula is C25H21ClN4O4. The summed E-state index contributed by atoms with van der Waals surface area (Å²) in [6, 6.07) is 17.9. The summed E-state index contributed by atoms with van der Waals surface area (Å²) in [4.78, 5) is 26.4. The summed E-state index contributed by atoms with van der Waals surface area (Å²) in [5.74, 6) is 1.26. The van der Waals surface area contributed by atoms with E-state index in [1.54, 1.807) is 56.4 Å². The molecule has 0 saturated heterocycles. The van der Waals surface area contributed by atoms with Crippen molar-refractivity contribution in [1.29, 1.82) is 0 Å². The van der Waals surface area contributed by atoms with Gasteiger partial charge in [-0.1, -0.05) is 23.7 Å². The molecule has 0 saturated carbocycles. The lowest BCUT2D eigenvalue weighted by Crippen LogP contribution is -2.38. The largest absolute Gasteiger partial charge is 0.481 e. The second kappa shape index (κ2) is 8.72. The Morgan fingerprint density at radius 3 is 2.62 bits per heavy atom. The van der Waals surface area contributed by atoms with E-state index in [1.807, 2.05) is 25.1 Å². The van der Waals surface area contributed by atoms with Crippen LogP contribution in [0.15, 0.2) is 65.1 Å². The van der Waals surface area contributed by atoms with Gasteiger partial charge in [0, 0.05) is 18.1 Å². The van der Waals surface area contributed by atoms with Crippen molar-refractivity contribution in [1.82, 2.24) is 15.0 Å². The third-order valence-corrected chi connectivity index (χ3v) is 5.61. The molecule has 9 heteroatoms. The van der Waals surface area contributed by atoms with Gasteiger partial charge >= 0.3 is 6.08 Å². The summed E-state index contributed by atoms with van der Waals surface area (Å²) < 4.78 is 17.1. The Morgan fingerprint density at radius 2 is 1.85 bits per heavy atom. The van der Waals surface area contributed by atoms with E-state index in [-0.39, 0.29) is 12.0 Å². The van der Waals surface area contributed by atoms with Crippen LogP contribution in [-0.4, -0.2) is 34.0 Å². The lowest BCUT2D eigenvalue weighted by molar-refractivity contribution is -0.124. The van der Waals surface area contributed by atoms with Crippen molar-refractivity contribution in [2.75, 3.05) is 11.9 Å². The maximum Gasteiger partial charge on any atom is 0.400 e. The van der Waals surface area contributed by atoms with Gasteiger partial charge < -0.3 is 18.9 Å². The maximum atomic E-state index is 12.9. The Hall–Kier alpha value is -4.04. The topological polar surface area (TPSA) is 93.5 Å². The number of fused-ring (bicyclic) bond motifs is 2.